The zero-order valence-electron chi connectivity index (χ0n) is 16.7. The van der Waals surface area contributed by atoms with E-state index in [2.05, 4.69) is 50.2 Å². The predicted octanol–water partition coefficient (Wildman–Crippen LogP) is 4.18. The first-order chi connectivity index (χ1) is 14.0. The average Bonchev–Trinajstić information content (AvgIpc) is 3.15. The van der Waals surface area contributed by atoms with Crippen LogP contribution in [0.3, 0.4) is 0 Å². The number of ether oxygens (including phenoxy) is 1. The number of nitrogens with zero attached hydrogens (tertiary/aromatic N) is 2. The summed E-state index contributed by atoms with van der Waals surface area (Å²) in [5.74, 6) is 1.63. The fourth-order valence-electron chi connectivity index (χ4n) is 3.86. The Hall–Kier alpha value is -2.54. The van der Waals surface area contributed by atoms with Crippen molar-refractivity contribution in [3.63, 3.8) is 0 Å². The summed E-state index contributed by atoms with van der Waals surface area (Å²) in [4.78, 5) is 23.1. The Kier molecular flexibility index (Phi) is 5.76. The minimum absolute atomic E-state index is 0.0585. The zero-order valence-corrected chi connectivity index (χ0v) is 18.3. The molecule has 7 heteroatoms. The number of aryl methyl sites for hydroxylation is 1. The molecule has 0 bridgehead atoms. The van der Waals surface area contributed by atoms with Crippen molar-refractivity contribution < 1.29 is 9.53 Å². The molecule has 29 heavy (non-hydrogen) atoms. The highest BCUT2D eigenvalue weighted by atomic mass is 79.9. The van der Waals surface area contributed by atoms with E-state index < -0.39 is 0 Å². The molecule has 3 aromatic rings. The van der Waals surface area contributed by atoms with Gasteiger partial charge in [0.1, 0.15) is 5.75 Å². The topological polar surface area (TPSA) is 70.2 Å². The predicted molar refractivity (Wildman–Crippen MR) is 118 cm³/mol. The number of imidazole rings is 1. The van der Waals surface area contributed by atoms with E-state index in [1.807, 2.05) is 24.3 Å². The fraction of sp³-hybridized carbons (Fsp3) is 0.364. The van der Waals surface area contributed by atoms with Gasteiger partial charge in [-0.05, 0) is 55.7 Å². The third-order valence-corrected chi connectivity index (χ3v) is 5.91. The molecule has 0 radical (unpaired) electrons. The molecule has 1 aliphatic rings. The van der Waals surface area contributed by atoms with Gasteiger partial charge >= 0.3 is 0 Å². The van der Waals surface area contributed by atoms with Gasteiger partial charge in [0.05, 0.1) is 24.1 Å². The first-order valence-electron chi connectivity index (χ1n) is 9.85. The van der Waals surface area contributed by atoms with E-state index in [0.29, 0.717) is 13.1 Å². The summed E-state index contributed by atoms with van der Waals surface area (Å²) in [6.45, 7) is 4.09. The molecule has 0 spiro atoms. The van der Waals surface area contributed by atoms with Crippen molar-refractivity contribution >= 4 is 38.8 Å². The van der Waals surface area contributed by atoms with Gasteiger partial charge in [0.25, 0.3) is 0 Å². The van der Waals surface area contributed by atoms with Gasteiger partial charge in [-0.3, -0.25) is 4.79 Å². The highest BCUT2D eigenvalue weighted by Crippen LogP contribution is 2.25. The third kappa shape index (κ3) is 4.40. The molecule has 1 atom stereocenters. The Balaban J connectivity index is 1.42. The fourth-order valence-corrected chi connectivity index (χ4v) is 4.26. The quantitative estimate of drug-likeness (QED) is 0.604. The molecule has 0 unspecified atom stereocenters. The first-order valence-corrected chi connectivity index (χ1v) is 10.6. The van der Waals surface area contributed by atoms with Crippen LogP contribution in [0.1, 0.15) is 24.0 Å². The molecule has 1 aliphatic heterocycles. The van der Waals surface area contributed by atoms with Crippen LogP contribution in [-0.2, 0) is 11.3 Å². The third-order valence-electron chi connectivity index (χ3n) is 5.41. The number of nitrogens with one attached hydrogen (secondary N) is 2. The molecule has 152 valence electrons. The lowest BCUT2D eigenvalue weighted by atomic mass is 9.97. The van der Waals surface area contributed by atoms with Crippen LogP contribution in [0.25, 0.3) is 11.0 Å². The number of fused-ring (bicyclic) bond motifs is 1. The van der Waals surface area contributed by atoms with Crippen molar-refractivity contribution in [3.8, 4) is 5.75 Å². The molecule has 1 aromatic heterocycles. The maximum absolute atomic E-state index is 12.8. The SMILES string of the molecule is COc1ccc(Br)cc1CNC(=O)[C@@H]1CCCN(c2nc3ccc(C)cc3[nH]2)C1. The van der Waals surface area contributed by atoms with Crippen LogP contribution in [0.15, 0.2) is 40.9 Å². The molecule has 1 saturated heterocycles. The molecule has 4 rings (SSSR count). The minimum atomic E-state index is -0.0585. The van der Waals surface area contributed by atoms with Crippen molar-refractivity contribution in [1.82, 2.24) is 15.3 Å². The number of methoxy groups -OCH3 is 1. The summed E-state index contributed by atoms with van der Waals surface area (Å²) in [7, 11) is 1.64. The second-order valence-electron chi connectivity index (χ2n) is 7.54. The van der Waals surface area contributed by atoms with E-state index >= 15 is 0 Å². The van der Waals surface area contributed by atoms with Crippen LogP contribution in [-0.4, -0.2) is 36.1 Å². The van der Waals surface area contributed by atoms with Gasteiger partial charge in [-0.2, -0.15) is 0 Å². The molecule has 6 nitrogen and oxygen atoms in total. The normalized spacial score (nSPS) is 16.8. The van der Waals surface area contributed by atoms with Crippen molar-refractivity contribution in [1.29, 1.82) is 0 Å². The number of aromatic nitrogens is 2. The van der Waals surface area contributed by atoms with E-state index in [1.54, 1.807) is 7.11 Å². The molecule has 0 saturated carbocycles. The molecular weight excluding hydrogens is 432 g/mol. The Bertz CT molecular complexity index is 1030. The molecule has 0 aliphatic carbocycles. The van der Waals surface area contributed by atoms with Gasteiger partial charge < -0.3 is 19.9 Å². The summed E-state index contributed by atoms with van der Waals surface area (Å²) < 4.78 is 6.36. The number of halogens is 1. The number of piperidine rings is 1. The van der Waals surface area contributed by atoms with Gasteiger partial charge in [-0.1, -0.05) is 22.0 Å². The number of amides is 1. The number of hydrogen-bond acceptors (Lipinski definition) is 4. The van der Waals surface area contributed by atoms with Crippen LogP contribution in [0.4, 0.5) is 5.95 Å². The number of aromatic amines is 1. The number of H-pyrrole nitrogens is 1. The van der Waals surface area contributed by atoms with E-state index in [9.17, 15) is 4.79 Å². The lowest BCUT2D eigenvalue weighted by Gasteiger charge is -2.31. The average molecular weight is 457 g/mol. The second-order valence-corrected chi connectivity index (χ2v) is 8.46. The van der Waals surface area contributed by atoms with E-state index in [1.165, 1.54) is 5.56 Å². The Morgan fingerprint density at radius 1 is 1.34 bits per heavy atom. The Morgan fingerprint density at radius 3 is 3.03 bits per heavy atom. The Morgan fingerprint density at radius 2 is 2.21 bits per heavy atom. The van der Waals surface area contributed by atoms with Gasteiger partial charge in [0.15, 0.2) is 0 Å². The molecule has 2 aromatic carbocycles. The number of hydrogen-bond donors (Lipinski definition) is 2. The summed E-state index contributed by atoms with van der Waals surface area (Å²) >= 11 is 3.48. The maximum Gasteiger partial charge on any atom is 0.225 e. The molecule has 1 fully saturated rings. The van der Waals surface area contributed by atoms with Crippen LogP contribution >= 0.6 is 15.9 Å². The smallest absolute Gasteiger partial charge is 0.225 e. The zero-order chi connectivity index (χ0) is 20.4. The summed E-state index contributed by atoms with van der Waals surface area (Å²) in [5, 5.41) is 3.08. The molecule has 2 heterocycles. The van der Waals surface area contributed by atoms with Gasteiger partial charge in [0, 0.05) is 29.7 Å². The number of carbonyl (C=O) groups is 1. The van der Waals surface area contributed by atoms with Gasteiger partial charge in [-0.25, -0.2) is 4.98 Å². The standard InChI is InChI=1S/C22H25BrN4O2/c1-14-5-7-18-19(10-14)26-22(25-18)27-9-3-4-15(13-27)21(28)24-12-16-11-17(23)6-8-20(16)29-2/h5-8,10-11,15H,3-4,9,12-13H2,1-2H3,(H,24,28)(H,25,26)/t15-/m1/s1. The number of carbonyl (C=O) groups excluding carboxylic acids is 1. The van der Waals surface area contributed by atoms with Crippen molar-refractivity contribution in [2.75, 3.05) is 25.1 Å². The Labute approximate surface area is 178 Å². The summed E-state index contributed by atoms with van der Waals surface area (Å²) in [5.41, 5.74) is 4.15. The van der Waals surface area contributed by atoms with Crippen molar-refractivity contribution in [2.24, 2.45) is 5.92 Å². The highest BCUT2D eigenvalue weighted by molar-refractivity contribution is 9.10. The lowest BCUT2D eigenvalue weighted by Crippen LogP contribution is -2.43. The first kappa shape index (κ1) is 19.8. The number of anilines is 1. The van der Waals surface area contributed by atoms with E-state index in [0.717, 1.165) is 52.2 Å². The number of benzene rings is 2. The van der Waals surface area contributed by atoms with Crippen LogP contribution < -0.4 is 15.0 Å². The summed E-state index contributed by atoms with van der Waals surface area (Å²) in [6.07, 6.45) is 1.85. The minimum Gasteiger partial charge on any atom is -0.496 e. The van der Waals surface area contributed by atoms with E-state index in [4.69, 9.17) is 9.72 Å². The second kappa shape index (κ2) is 8.45. The van der Waals surface area contributed by atoms with Gasteiger partial charge in [0.2, 0.25) is 11.9 Å². The number of rotatable bonds is 5. The molecule has 1 amide bonds. The summed E-state index contributed by atoms with van der Waals surface area (Å²) in [6, 6.07) is 12.0. The monoisotopic (exact) mass is 456 g/mol. The maximum atomic E-state index is 12.8. The molecular formula is C22H25BrN4O2. The van der Waals surface area contributed by atoms with Crippen LogP contribution in [0.2, 0.25) is 0 Å². The van der Waals surface area contributed by atoms with E-state index in [-0.39, 0.29) is 11.8 Å². The van der Waals surface area contributed by atoms with Crippen LogP contribution in [0, 0.1) is 12.8 Å². The molecule has 2 N–H and O–H groups in total. The van der Waals surface area contributed by atoms with Crippen molar-refractivity contribution in [3.05, 3.63) is 52.0 Å². The van der Waals surface area contributed by atoms with Gasteiger partial charge in [-0.15, -0.1) is 0 Å². The highest BCUT2D eigenvalue weighted by Gasteiger charge is 2.27. The largest absolute Gasteiger partial charge is 0.496 e. The van der Waals surface area contributed by atoms with Crippen molar-refractivity contribution in [2.45, 2.75) is 26.3 Å². The van der Waals surface area contributed by atoms with Crippen LogP contribution in [0.5, 0.6) is 5.75 Å². The lowest BCUT2D eigenvalue weighted by molar-refractivity contribution is -0.125.